The van der Waals surface area contributed by atoms with E-state index in [-0.39, 0.29) is 12.2 Å². The number of ether oxygens (including phenoxy) is 1. The van der Waals surface area contributed by atoms with Gasteiger partial charge < -0.3 is 15.8 Å². The molecule has 2 unspecified atom stereocenters. The van der Waals surface area contributed by atoms with Crippen LogP contribution in [0, 0.1) is 10.1 Å². The zero-order valence-electron chi connectivity index (χ0n) is 10.8. The number of nitrogens with one attached hydrogen (secondary N) is 1. The SMILES string of the molecule is CCOC(=O)C(C(N)NC(=O)c1ccccc1)[N+](=O)[O-]. The molecule has 0 aliphatic heterocycles. The van der Waals surface area contributed by atoms with E-state index in [1.165, 1.54) is 19.1 Å². The Morgan fingerprint density at radius 2 is 2.00 bits per heavy atom. The first-order valence-corrected chi connectivity index (χ1v) is 5.89. The molecule has 0 aromatic heterocycles. The van der Waals surface area contributed by atoms with Crippen molar-refractivity contribution in [2.75, 3.05) is 6.61 Å². The quantitative estimate of drug-likeness (QED) is 0.325. The first kappa shape index (κ1) is 15.6. The minimum atomic E-state index is -1.84. The van der Waals surface area contributed by atoms with Gasteiger partial charge in [-0.3, -0.25) is 14.9 Å². The van der Waals surface area contributed by atoms with Crippen LogP contribution in [0.5, 0.6) is 0 Å². The minimum absolute atomic E-state index is 0.0114. The first-order valence-electron chi connectivity index (χ1n) is 5.89. The summed E-state index contributed by atoms with van der Waals surface area (Å²) < 4.78 is 4.56. The summed E-state index contributed by atoms with van der Waals surface area (Å²) in [6, 6.07) is 6.19. The molecule has 3 N–H and O–H groups in total. The van der Waals surface area contributed by atoms with E-state index >= 15 is 0 Å². The van der Waals surface area contributed by atoms with Crippen LogP contribution >= 0.6 is 0 Å². The number of carbonyl (C=O) groups is 2. The van der Waals surface area contributed by atoms with E-state index in [1.807, 2.05) is 0 Å². The molecule has 0 bridgehead atoms. The van der Waals surface area contributed by atoms with Crippen molar-refractivity contribution in [3.63, 3.8) is 0 Å². The lowest BCUT2D eigenvalue weighted by Gasteiger charge is -2.17. The number of nitro groups is 1. The lowest BCUT2D eigenvalue weighted by atomic mass is 10.2. The molecule has 0 heterocycles. The van der Waals surface area contributed by atoms with Gasteiger partial charge in [-0.05, 0) is 19.1 Å². The number of rotatable bonds is 6. The van der Waals surface area contributed by atoms with E-state index in [0.29, 0.717) is 0 Å². The molecule has 20 heavy (non-hydrogen) atoms. The number of nitrogens with two attached hydrogens (primary N) is 1. The van der Waals surface area contributed by atoms with Crippen molar-refractivity contribution < 1.29 is 19.2 Å². The van der Waals surface area contributed by atoms with Crippen LogP contribution in [0.4, 0.5) is 0 Å². The summed E-state index contributed by atoms with van der Waals surface area (Å²) >= 11 is 0. The van der Waals surface area contributed by atoms with E-state index < -0.39 is 29.0 Å². The highest BCUT2D eigenvalue weighted by Crippen LogP contribution is 2.02. The van der Waals surface area contributed by atoms with Crippen molar-refractivity contribution in [2.24, 2.45) is 5.73 Å². The Kier molecular flexibility index (Phi) is 5.60. The third-order valence-corrected chi connectivity index (χ3v) is 2.43. The molecule has 1 amide bonds. The van der Waals surface area contributed by atoms with Crippen LogP contribution in [0.2, 0.25) is 0 Å². The molecule has 0 aliphatic carbocycles. The molecule has 8 heteroatoms. The second-order valence-electron chi connectivity index (χ2n) is 3.85. The summed E-state index contributed by atoms with van der Waals surface area (Å²) in [4.78, 5) is 33.2. The Balaban J connectivity index is 2.76. The smallest absolute Gasteiger partial charge is 0.385 e. The molecule has 0 spiro atoms. The Morgan fingerprint density at radius 3 is 2.50 bits per heavy atom. The molecule has 0 saturated heterocycles. The van der Waals surface area contributed by atoms with Crippen LogP contribution in [-0.2, 0) is 9.53 Å². The second kappa shape index (κ2) is 7.19. The van der Waals surface area contributed by atoms with Crippen molar-refractivity contribution in [2.45, 2.75) is 19.1 Å². The summed E-state index contributed by atoms with van der Waals surface area (Å²) in [5.41, 5.74) is 5.80. The molecule has 0 fully saturated rings. The summed E-state index contributed by atoms with van der Waals surface area (Å²) in [5.74, 6) is -1.69. The lowest BCUT2D eigenvalue weighted by molar-refractivity contribution is -0.514. The van der Waals surface area contributed by atoms with E-state index in [4.69, 9.17) is 5.73 Å². The predicted octanol–water partition coefficient (Wildman–Crippen LogP) is -0.0904. The van der Waals surface area contributed by atoms with Gasteiger partial charge in [-0.15, -0.1) is 0 Å². The lowest BCUT2D eigenvalue weighted by Crippen LogP contribution is -2.56. The highest BCUT2D eigenvalue weighted by atomic mass is 16.6. The maximum absolute atomic E-state index is 11.8. The van der Waals surface area contributed by atoms with Crippen LogP contribution in [0.1, 0.15) is 17.3 Å². The average molecular weight is 281 g/mol. The van der Waals surface area contributed by atoms with Gasteiger partial charge >= 0.3 is 12.0 Å². The molecular weight excluding hydrogens is 266 g/mol. The zero-order chi connectivity index (χ0) is 15.1. The van der Waals surface area contributed by atoms with Gasteiger partial charge in [0.2, 0.25) is 0 Å². The van der Waals surface area contributed by atoms with Gasteiger partial charge in [0, 0.05) is 10.5 Å². The number of carbonyl (C=O) groups excluding carboxylic acids is 2. The summed E-state index contributed by atoms with van der Waals surface area (Å²) in [5, 5.41) is 13.1. The maximum atomic E-state index is 11.8. The number of hydrogen-bond acceptors (Lipinski definition) is 6. The van der Waals surface area contributed by atoms with E-state index in [0.717, 1.165) is 0 Å². The highest BCUT2D eigenvalue weighted by molar-refractivity contribution is 5.94. The Labute approximate surface area is 115 Å². The average Bonchev–Trinajstić information content (AvgIpc) is 2.39. The number of amides is 1. The fourth-order valence-electron chi connectivity index (χ4n) is 1.49. The van der Waals surface area contributed by atoms with Crippen molar-refractivity contribution in [1.29, 1.82) is 0 Å². The maximum Gasteiger partial charge on any atom is 0.385 e. The van der Waals surface area contributed by atoms with Gasteiger partial charge in [-0.2, -0.15) is 0 Å². The van der Waals surface area contributed by atoms with Crippen molar-refractivity contribution in [1.82, 2.24) is 5.32 Å². The monoisotopic (exact) mass is 281 g/mol. The van der Waals surface area contributed by atoms with Crippen LogP contribution in [0.15, 0.2) is 30.3 Å². The van der Waals surface area contributed by atoms with E-state index in [9.17, 15) is 19.7 Å². The largest absolute Gasteiger partial charge is 0.461 e. The molecular formula is C12H15N3O5. The molecule has 1 rings (SSSR count). The van der Waals surface area contributed by atoms with Gasteiger partial charge in [0.15, 0.2) is 6.17 Å². The summed E-state index contributed by atoms with van der Waals surface area (Å²) in [6.45, 7) is 1.51. The number of nitrogens with zero attached hydrogens (tertiary/aromatic N) is 1. The van der Waals surface area contributed by atoms with Gasteiger partial charge in [-0.1, -0.05) is 18.2 Å². The standard InChI is InChI=1S/C12H15N3O5/c1-2-20-12(17)9(15(18)19)10(13)14-11(16)8-6-4-3-5-7-8/h3-7,9-10H,2,13H2,1H3,(H,14,16). The van der Waals surface area contributed by atoms with Crippen molar-refractivity contribution in [3.05, 3.63) is 46.0 Å². The topological polar surface area (TPSA) is 125 Å². The van der Waals surface area contributed by atoms with E-state index in [1.54, 1.807) is 18.2 Å². The van der Waals surface area contributed by atoms with Gasteiger partial charge in [0.25, 0.3) is 5.91 Å². The molecule has 0 aliphatic rings. The summed E-state index contributed by atoms with van der Waals surface area (Å²) in [6.07, 6.45) is -1.48. The minimum Gasteiger partial charge on any atom is -0.461 e. The molecule has 1 aromatic carbocycles. The first-order chi connectivity index (χ1) is 9.47. The number of hydrogen-bond donors (Lipinski definition) is 2. The highest BCUT2D eigenvalue weighted by Gasteiger charge is 2.39. The van der Waals surface area contributed by atoms with Crippen molar-refractivity contribution in [3.8, 4) is 0 Å². The summed E-state index contributed by atoms with van der Waals surface area (Å²) in [7, 11) is 0. The molecule has 2 atom stereocenters. The molecule has 1 aromatic rings. The second-order valence-corrected chi connectivity index (χ2v) is 3.85. The Hall–Kier alpha value is -2.48. The van der Waals surface area contributed by atoms with Crippen LogP contribution in [-0.4, -0.2) is 35.6 Å². The molecule has 108 valence electrons. The fourth-order valence-corrected chi connectivity index (χ4v) is 1.49. The number of benzene rings is 1. The molecule has 8 nitrogen and oxygen atoms in total. The zero-order valence-corrected chi connectivity index (χ0v) is 10.8. The fraction of sp³-hybridized carbons (Fsp3) is 0.333. The van der Waals surface area contributed by atoms with Crippen LogP contribution in [0.3, 0.4) is 0 Å². The van der Waals surface area contributed by atoms with Gasteiger partial charge in [0.05, 0.1) is 6.61 Å². The van der Waals surface area contributed by atoms with Gasteiger partial charge in [0.1, 0.15) is 0 Å². The third kappa shape index (κ3) is 4.02. The Morgan fingerprint density at radius 1 is 1.40 bits per heavy atom. The normalized spacial score (nSPS) is 13.1. The predicted molar refractivity (Wildman–Crippen MR) is 69.3 cm³/mol. The van der Waals surface area contributed by atoms with Crippen molar-refractivity contribution >= 4 is 11.9 Å². The molecule has 0 saturated carbocycles. The third-order valence-electron chi connectivity index (χ3n) is 2.43. The van der Waals surface area contributed by atoms with Gasteiger partial charge in [-0.25, -0.2) is 4.79 Å². The van der Waals surface area contributed by atoms with Crippen LogP contribution in [0.25, 0.3) is 0 Å². The Bertz CT molecular complexity index is 491. The number of esters is 1. The van der Waals surface area contributed by atoms with E-state index in [2.05, 4.69) is 10.1 Å². The molecule has 0 radical (unpaired) electrons. The van der Waals surface area contributed by atoms with Crippen LogP contribution < -0.4 is 11.1 Å².